The van der Waals surface area contributed by atoms with Crippen LogP contribution in [-0.2, 0) is 21.3 Å². The Morgan fingerprint density at radius 3 is 2.60 bits per heavy atom. The molecule has 4 aliphatic heterocycles. The van der Waals surface area contributed by atoms with Crippen molar-refractivity contribution in [3.63, 3.8) is 0 Å². The number of nitriles is 1. The van der Waals surface area contributed by atoms with Crippen LogP contribution in [0.2, 0.25) is 0 Å². The van der Waals surface area contributed by atoms with Crippen LogP contribution in [0.3, 0.4) is 0 Å². The summed E-state index contributed by atoms with van der Waals surface area (Å²) >= 11 is 0. The Balaban J connectivity index is 1.34. The molecule has 1 aromatic carbocycles. The Kier molecular flexibility index (Phi) is 5.99. The molecule has 0 radical (unpaired) electrons. The van der Waals surface area contributed by atoms with E-state index in [0.717, 1.165) is 12.1 Å². The monoisotopic (exact) mass is 557 g/mol. The first-order valence-electron chi connectivity index (χ1n) is 12.9. The zero-order valence-corrected chi connectivity index (χ0v) is 21.3. The molecule has 5 aliphatic rings. The number of carbonyl (C=O) groups excluding carboxylic acids is 1. The summed E-state index contributed by atoms with van der Waals surface area (Å²) in [6, 6.07) is 5.74. The predicted octanol–water partition coefficient (Wildman–Crippen LogP) is 1.73. The Labute approximate surface area is 226 Å². The van der Waals surface area contributed by atoms with Crippen LogP contribution in [0.1, 0.15) is 55.1 Å². The lowest BCUT2D eigenvalue weighted by atomic mass is 9.71. The van der Waals surface area contributed by atoms with E-state index in [9.17, 15) is 37.7 Å². The van der Waals surface area contributed by atoms with Gasteiger partial charge in [0.2, 0.25) is 0 Å². The van der Waals surface area contributed by atoms with E-state index in [4.69, 9.17) is 9.73 Å². The number of alkyl halides is 3. The van der Waals surface area contributed by atoms with Gasteiger partial charge in [-0.2, -0.15) is 18.4 Å². The molecule has 208 valence electrons. The van der Waals surface area contributed by atoms with Crippen LogP contribution in [0.4, 0.5) is 23.2 Å². The summed E-state index contributed by atoms with van der Waals surface area (Å²) in [6.45, 7) is 2.39. The maximum atomic E-state index is 14.6. The van der Waals surface area contributed by atoms with Crippen LogP contribution in [0.15, 0.2) is 29.3 Å². The van der Waals surface area contributed by atoms with E-state index < -0.39 is 47.9 Å². The molecule has 1 aromatic heterocycles. The highest BCUT2D eigenvalue weighted by atomic mass is 19.4. The number of aromatic nitrogens is 1. The molecular formula is C26H24BF4N5O4. The summed E-state index contributed by atoms with van der Waals surface area (Å²) in [6.07, 6.45) is -3.23. The van der Waals surface area contributed by atoms with Crippen molar-refractivity contribution in [1.82, 2.24) is 10.3 Å². The van der Waals surface area contributed by atoms with E-state index in [1.165, 1.54) is 12.1 Å². The van der Waals surface area contributed by atoms with Crippen molar-refractivity contribution < 1.29 is 37.1 Å². The SMILES string of the molecule is C[C@H]1C[C@@]2(CCN1c1cc(B(O)O)cc(F)c1C#N)N=C(c1ccc(C(F)(F)F)nc1C13CC(CO1)C3)NC2=O. The minimum Gasteiger partial charge on any atom is -0.423 e. The number of nitrogens with one attached hydrogen (secondary N) is 1. The van der Waals surface area contributed by atoms with E-state index in [2.05, 4.69) is 10.3 Å². The van der Waals surface area contributed by atoms with Gasteiger partial charge < -0.3 is 25.0 Å². The molecule has 1 aliphatic carbocycles. The van der Waals surface area contributed by atoms with Crippen LogP contribution in [0.25, 0.3) is 0 Å². The van der Waals surface area contributed by atoms with Gasteiger partial charge in [0.1, 0.15) is 40.1 Å². The maximum absolute atomic E-state index is 14.6. The van der Waals surface area contributed by atoms with Crippen LogP contribution < -0.4 is 15.7 Å². The molecule has 9 nitrogen and oxygen atoms in total. The Morgan fingerprint density at radius 1 is 1.25 bits per heavy atom. The van der Waals surface area contributed by atoms with E-state index in [1.54, 1.807) is 11.8 Å². The summed E-state index contributed by atoms with van der Waals surface area (Å²) < 4.78 is 61.1. The second kappa shape index (κ2) is 8.99. The molecule has 1 saturated carbocycles. The first kappa shape index (κ1) is 26.7. The van der Waals surface area contributed by atoms with Gasteiger partial charge in [-0.25, -0.2) is 9.37 Å². The number of anilines is 1. The number of aliphatic imine (C=N–C) groups is 1. The summed E-state index contributed by atoms with van der Waals surface area (Å²) in [5.41, 5.74) is -3.03. The van der Waals surface area contributed by atoms with Gasteiger partial charge in [-0.1, -0.05) is 0 Å². The molecule has 4 fully saturated rings. The zero-order valence-electron chi connectivity index (χ0n) is 21.3. The van der Waals surface area contributed by atoms with Gasteiger partial charge >= 0.3 is 13.3 Å². The second-order valence-corrected chi connectivity index (χ2v) is 11.0. The topological polar surface area (TPSA) is 131 Å². The number of benzene rings is 1. The van der Waals surface area contributed by atoms with Crippen molar-refractivity contribution >= 4 is 30.0 Å². The highest BCUT2D eigenvalue weighted by Crippen LogP contribution is 2.55. The number of ether oxygens (including phenoxy) is 1. The summed E-state index contributed by atoms with van der Waals surface area (Å²) in [4.78, 5) is 23.7. The van der Waals surface area contributed by atoms with E-state index in [-0.39, 0.29) is 59.1 Å². The maximum Gasteiger partial charge on any atom is 0.488 e. The average Bonchev–Trinajstić information content (AvgIpc) is 3.57. The number of fused-ring (bicyclic) bond motifs is 1. The predicted molar refractivity (Wildman–Crippen MR) is 134 cm³/mol. The van der Waals surface area contributed by atoms with Gasteiger partial charge in [0.05, 0.1) is 18.0 Å². The van der Waals surface area contributed by atoms with Crippen molar-refractivity contribution in [3.8, 4) is 6.07 Å². The third kappa shape index (κ3) is 4.06. The van der Waals surface area contributed by atoms with Gasteiger partial charge in [0.15, 0.2) is 0 Å². The van der Waals surface area contributed by atoms with Gasteiger partial charge in [-0.3, -0.25) is 9.79 Å². The molecular weight excluding hydrogens is 533 g/mol. The van der Waals surface area contributed by atoms with Crippen LogP contribution in [-0.4, -0.2) is 58.6 Å². The number of amides is 1. The Hall–Kier alpha value is -3.54. The lowest BCUT2D eigenvalue weighted by Crippen LogP contribution is -2.53. The van der Waals surface area contributed by atoms with Crippen LogP contribution >= 0.6 is 0 Å². The minimum absolute atomic E-state index is 0.117. The number of carbonyl (C=O) groups is 1. The van der Waals surface area contributed by atoms with Crippen molar-refractivity contribution in [2.24, 2.45) is 10.9 Å². The molecule has 5 heterocycles. The molecule has 1 spiro atoms. The standard InChI is InChI=1S/C26H24BF4N5O4/c1-13-8-24(4-5-36(13)19-7-15(27(38)39)6-18(28)17(19)11-32)23(37)34-22(35-24)16-2-3-20(26(29,30)31)33-21(16)25-9-14(10-25)12-40-25/h2-3,6-7,13-14,38-39H,4-5,8-10,12H2,1H3,(H,34,35,37)/t13-,14?,24+,25?/m0/s1. The average molecular weight is 557 g/mol. The fraction of sp³-hybridized carbons (Fsp3) is 0.462. The molecule has 14 heteroatoms. The van der Waals surface area contributed by atoms with Crippen LogP contribution in [0, 0.1) is 23.1 Å². The quantitative estimate of drug-likeness (QED) is 0.386. The highest BCUT2D eigenvalue weighted by Gasteiger charge is 2.57. The Morgan fingerprint density at radius 2 is 2.00 bits per heavy atom. The molecule has 2 aromatic rings. The van der Waals surface area contributed by atoms with Crippen molar-refractivity contribution in [3.05, 3.63) is 52.6 Å². The van der Waals surface area contributed by atoms with E-state index >= 15 is 0 Å². The molecule has 3 saturated heterocycles. The molecule has 7 rings (SSSR count). The van der Waals surface area contributed by atoms with Gasteiger partial charge in [-0.05, 0) is 61.8 Å². The number of halogens is 4. The second-order valence-electron chi connectivity index (χ2n) is 11.0. The molecule has 1 amide bonds. The van der Waals surface area contributed by atoms with Gasteiger partial charge in [0, 0.05) is 24.6 Å². The zero-order chi connectivity index (χ0) is 28.6. The normalized spacial score (nSPS) is 29.2. The first-order chi connectivity index (χ1) is 18.9. The minimum atomic E-state index is -4.65. The number of piperidine rings is 1. The largest absolute Gasteiger partial charge is 0.488 e. The molecule has 40 heavy (non-hydrogen) atoms. The molecule has 0 unspecified atom stereocenters. The molecule has 2 bridgehead atoms. The van der Waals surface area contributed by atoms with Crippen molar-refractivity contribution in [2.45, 2.75) is 56.0 Å². The van der Waals surface area contributed by atoms with Gasteiger partial charge in [-0.15, -0.1) is 0 Å². The number of nitrogens with zero attached hydrogens (tertiary/aromatic N) is 4. The molecule has 3 N–H and O–H groups in total. The third-order valence-electron chi connectivity index (χ3n) is 8.43. The fourth-order valence-corrected chi connectivity index (χ4v) is 6.44. The van der Waals surface area contributed by atoms with E-state index in [0.29, 0.717) is 19.4 Å². The summed E-state index contributed by atoms with van der Waals surface area (Å²) in [5, 5.41) is 31.4. The Bertz CT molecular complexity index is 1480. The van der Waals surface area contributed by atoms with Gasteiger partial charge in [0.25, 0.3) is 5.91 Å². The number of amidine groups is 1. The summed E-state index contributed by atoms with van der Waals surface area (Å²) in [5.74, 6) is -0.926. The smallest absolute Gasteiger partial charge is 0.423 e. The van der Waals surface area contributed by atoms with E-state index in [1.807, 2.05) is 6.07 Å². The number of rotatable bonds is 4. The first-order valence-corrected chi connectivity index (χ1v) is 12.9. The number of pyridine rings is 1. The lowest BCUT2D eigenvalue weighted by molar-refractivity contribution is -0.141. The number of hydrogen-bond acceptors (Lipinski definition) is 8. The van der Waals surface area contributed by atoms with Crippen molar-refractivity contribution in [1.29, 1.82) is 5.26 Å². The highest BCUT2D eigenvalue weighted by molar-refractivity contribution is 6.58. The van der Waals surface area contributed by atoms with Crippen molar-refractivity contribution in [2.75, 3.05) is 18.1 Å². The fourth-order valence-electron chi connectivity index (χ4n) is 6.44. The lowest BCUT2D eigenvalue weighted by Gasteiger charge is -2.42. The molecule has 2 atom stereocenters. The summed E-state index contributed by atoms with van der Waals surface area (Å²) in [7, 11) is -1.94. The number of hydrogen-bond donors (Lipinski definition) is 3. The third-order valence-corrected chi connectivity index (χ3v) is 8.43. The van der Waals surface area contributed by atoms with Crippen LogP contribution in [0.5, 0.6) is 0 Å².